The molecule has 0 spiro atoms. The standard InChI is InChI=1S/C14H21ClN2O2S/c1-16-10-9-12-6-4-5-11-17(12)20(18,19)14-8-3-2-7-13(14)15/h2-3,7-8,12,16H,4-6,9-11H2,1H3. The second-order valence-electron chi connectivity index (χ2n) is 5.09. The number of nitrogens with zero attached hydrogens (tertiary/aromatic N) is 1. The monoisotopic (exact) mass is 316 g/mol. The van der Waals surface area contributed by atoms with Crippen LogP contribution >= 0.6 is 11.6 Å². The molecule has 20 heavy (non-hydrogen) atoms. The molecule has 4 nitrogen and oxygen atoms in total. The number of nitrogens with one attached hydrogen (secondary N) is 1. The Morgan fingerprint density at radius 1 is 1.35 bits per heavy atom. The molecule has 1 atom stereocenters. The summed E-state index contributed by atoms with van der Waals surface area (Å²) in [4.78, 5) is 0.220. The van der Waals surface area contributed by atoms with Crippen LogP contribution in [0.3, 0.4) is 0 Å². The lowest BCUT2D eigenvalue weighted by Crippen LogP contribution is -2.44. The van der Waals surface area contributed by atoms with Crippen molar-refractivity contribution in [3.8, 4) is 0 Å². The van der Waals surface area contributed by atoms with E-state index in [9.17, 15) is 8.42 Å². The lowest BCUT2D eigenvalue weighted by atomic mass is 10.0. The first-order chi connectivity index (χ1) is 9.57. The van der Waals surface area contributed by atoms with E-state index >= 15 is 0 Å². The van der Waals surface area contributed by atoms with E-state index in [-0.39, 0.29) is 10.9 Å². The molecule has 0 radical (unpaired) electrons. The molecule has 0 amide bonds. The van der Waals surface area contributed by atoms with Crippen molar-refractivity contribution in [1.82, 2.24) is 9.62 Å². The lowest BCUT2D eigenvalue weighted by molar-refractivity contribution is 0.240. The largest absolute Gasteiger partial charge is 0.320 e. The van der Waals surface area contributed by atoms with Crippen molar-refractivity contribution in [1.29, 1.82) is 0 Å². The molecule has 1 N–H and O–H groups in total. The Kier molecular flexibility index (Phi) is 5.43. The van der Waals surface area contributed by atoms with Crippen LogP contribution in [0.1, 0.15) is 25.7 Å². The Bertz CT molecular complexity index is 548. The number of hydrogen-bond donors (Lipinski definition) is 1. The van der Waals surface area contributed by atoms with E-state index in [0.29, 0.717) is 11.6 Å². The van der Waals surface area contributed by atoms with Gasteiger partial charge in [-0.15, -0.1) is 0 Å². The maximum absolute atomic E-state index is 12.8. The van der Waals surface area contributed by atoms with Gasteiger partial charge in [-0.2, -0.15) is 4.31 Å². The average molecular weight is 317 g/mol. The minimum absolute atomic E-state index is 0.0671. The number of benzene rings is 1. The van der Waals surface area contributed by atoms with E-state index < -0.39 is 10.0 Å². The quantitative estimate of drug-likeness (QED) is 0.908. The SMILES string of the molecule is CNCCC1CCCCN1S(=O)(=O)c1ccccc1Cl. The number of sulfonamides is 1. The van der Waals surface area contributed by atoms with Gasteiger partial charge in [-0.25, -0.2) is 8.42 Å². The highest BCUT2D eigenvalue weighted by molar-refractivity contribution is 7.89. The number of piperidine rings is 1. The van der Waals surface area contributed by atoms with Gasteiger partial charge in [-0.1, -0.05) is 30.2 Å². The van der Waals surface area contributed by atoms with Gasteiger partial charge < -0.3 is 5.32 Å². The van der Waals surface area contributed by atoms with E-state index in [1.54, 1.807) is 28.6 Å². The molecule has 6 heteroatoms. The smallest absolute Gasteiger partial charge is 0.244 e. The summed E-state index contributed by atoms with van der Waals surface area (Å²) in [6, 6.07) is 6.74. The highest BCUT2D eigenvalue weighted by atomic mass is 35.5. The van der Waals surface area contributed by atoms with Gasteiger partial charge in [0.15, 0.2) is 0 Å². The normalized spacial score (nSPS) is 21.0. The molecule has 1 aliphatic rings. The number of hydrogen-bond acceptors (Lipinski definition) is 3. The molecule has 0 saturated carbocycles. The van der Waals surface area contributed by atoms with Gasteiger partial charge in [-0.3, -0.25) is 0 Å². The fourth-order valence-electron chi connectivity index (χ4n) is 2.67. The van der Waals surface area contributed by atoms with Crippen molar-refractivity contribution in [2.45, 2.75) is 36.6 Å². The van der Waals surface area contributed by atoms with Gasteiger partial charge in [-0.05, 0) is 45.0 Å². The van der Waals surface area contributed by atoms with Crippen LogP contribution in [-0.4, -0.2) is 38.9 Å². The molecular formula is C14H21ClN2O2S. The molecular weight excluding hydrogens is 296 g/mol. The number of halogens is 1. The molecule has 112 valence electrons. The van der Waals surface area contributed by atoms with Gasteiger partial charge in [0.1, 0.15) is 4.90 Å². The predicted molar refractivity (Wildman–Crippen MR) is 81.5 cm³/mol. The zero-order valence-corrected chi connectivity index (χ0v) is 13.3. The molecule has 0 aromatic heterocycles. The average Bonchev–Trinajstić information content (AvgIpc) is 2.45. The first kappa shape index (κ1) is 15.8. The summed E-state index contributed by atoms with van der Waals surface area (Å²) in [5.74, 6) is 0. The van der Waals surface area contributed by atoms with E-state index in [1.807, 2.05) is 7.05 Å². The summed E-state index contributed by atoms with van der Waals surface area (Å²) in [6.07, 6.45) is 3.76. The van der Waals surface area contributed by atoms with Crippen molar-refractivity contribution in [3.63, 3.8) is 0 Å². The summed E-state index contributed by atoms with van der Waals surface area (Å²) in [6.45, 7) is 1.40. The van der Waals surface area contributed by atoms with Gasteiger partial charge in [0.05, 0.1) is 5.02 Å². The van der Waals surface area contributed by atoms with Crippen molar-refractivity contribution in [2.75, 3.05) is 20.1 Å². The van der Waals surface area contributed by atoms with Crippen LogP contribution in [-0.2, 0) is 10.0 Å². The van der Waals surface area contributed by atoms with Crippen LogP contribution in [0.25, 0.3) is 0 Å². The van der Waals surface area contributed by atoms with E-state index in [4.69, 9.17) is 11.6 Å². The van der Waals surface area contributed by atoms with Crippen molar-refractivity contribution in [3.05, 3.63) is 29.3 Å². The highest BCUT2D eigenvalue weighted by Gasteiger charge is 2.34. The summed E-state index contributed by atoms with van der Waals surface area (Å²) in [5.41, 5.74) is 0. The molecule has 1 unspecified atom stereocenters. The fourth-order valence-corrected chi connectivity index (χ4v) is 4.89. The van der Waals surface area contributed by atoms with Crippen LogP contribution in [0.2, 0.25) is 5.02 Å². The zero-order chi connectivity index (χ0) is 14.6. The Morgan fingerprint density at radius 2 is 2.10 bits per heavy atom. The molecule has 1 heterocycles. The summed E-state index contributed by atoms with van der Waals surface area (Å²) >= 11 is 6.06. The van der Waals surface area contributed by atoms with Crippen molar-refractivity contribution in [2.24, 2.45) is 0 Å². The van der Waals surface area contributed by atoms with E-state index in [2.05, 4.69) is 5.32 Å². The molecule has 1 saturated heterocycles. The van der Waals surface area contributed by atoms with Gasteiger partial charge >= 0.3 is 0 Å². The topological polar surface area (TPSA) is 49.4 Å². The van der Waals surface area contributed by atoms with Crippen LogP contribution in [0.5, 0.6) is 0 Å². The first-order valence-corrected chi connectivity index (χ1v) is 8.80. The fraction of sp³-hybridized carbons (Fsp3) is 0.571. The Hall–Kier alpha value is -0.620. The lowest BCUT2D eigenvalue weighted by Gasteiger charge is -2.35. The Morgan fingerprint density at radius 3 is 2.80 bits per heavy atom. The molecule has 1 aromatic carbocycles. The third kappa shape index (κ3) is 3.34. The van der Waals surface area contributed by atoms with E-state index in [0.717, 1.165) is 32.2 Å². The zero-order valence-electron chi connectivity index (χ0n) is 11.7. The maximum atomic E-state index is 12.8. The van der Waals surface area contributed by atoms with Crippen LogP contribution in [0, 0.1) is 0 Å². The van der Waals surface area contributed by atoms with Crippen molar-refractivity contribution < 1.29 is 8.42 Å². The third-order valence-corrected chi connectivity index (χ3v) is 6.18. The van der Waals surface area contributed by atoms with Gasteiger partial charge in [0.25, 0.3) is 0 Å². The van der Waals surface area contributed by atoms with Crippen LogP contribution in [0.4, 0.5) is 0 Å². The maximum Gasteiger partial charge on any atom is 0.244 e. The predicted octanol–water partition coefficient (Wildman–Crippen LogP) is 2.49. The molecule has 1 fully saturated rings. The van der Waals surface area contributed by atoms with Crippen LogP contribution < -0.4 is 5.32 Å². The Balaban J connectivity index is 2.28. The van der Waals surface area contributed by atoms with E-state index in [1.165, 1.54) is 0 Å². The van der Waals surface area contributed by atoms with Gasteiger partial charge in [0, 0.05) is 12.6 Å². The minimum Gasteiger partial charge on any atom is -0.320 e. The summed E-state index contributed by atoms with van der Waals surface area (Å²) in [5, 5.41) is 3.39. The molecule has 0 aliphatic carbocycles. The summed E-state index contributed by atoms with van der Waals surface area (Å²) in [7, 11) is -1.61. The van der Waals surface area contributed by atoms with Crippen LogP contribution in [0.15, 0.2) is 29.2 Å². The molecule has 1 aliphatic heterocycles. The molecule has 2 rings (SSSR count). The Labute approximate surface area is 126 Å². The molecule has 0 bridgehead atoms. The third-order valence-electron chi connectivity index (χ3n) is 3.72. The second kappa shape index (κ2) is 6.89. The highest BCUT2D eigenvalue weighted by Crippen LogP contribution is 2.30. The first-order valence-electron chi connectivity index (χ1n) is 6.98. The second-order valence-corrected chi connectivity index (χ2v) is 7.35. The number of rotatable bonds is 5. The minimum atomic E-state index is -3.50. The van der Waals surface area contributed by atoms with Crippen molar-refractivity contribution >= 4 is 21.6 Å². The summed E-state index contributed by atoms with van der Waals surface area (Å²) < 4.78 is 27.2. The molecule has 1 aromatic rings. The van der Waals surface area contributed by atoms with Gasteiger partial charge in [0.2, 0.25) is 10.0 Å².